The third-order valence-corrected chi connectivity index (χ3v) is 6.56. The lowest BCUT2D eigenvalue weighted by molar-refractivity contribution is -0.123. The number of hydrogen-bond acceptors (Lipinski definition) is 5. The molecule has 0 aromatic heterocycles. The molecule has 1 N–H and O–H groups in total. The Bertz CT molecular complexity index is 1140. The van der Waals surface area contributed by atoms with Gasteiger partial charge in [-0.3, -0.25) is 14.4 Å². The van der Waals surface area contributed by atoms with Crippen LogP contribution in [0.5, 0.6) is 0 Å². The fourth-order valence-electron chi connectivity index (χ4n) is 5.04. The van der Waals surface area contributed by atoms with Crippen molar-refractivity contribution < 1.29 is 23.9 Å². The van der Waals surface area contributed by atoms with Gasteiger partial charge in [0, 0.05) is 5.69 Å². The number of amides is 3. The minimum absolute atomic E-state index is 0.117. The number of carbonyl (C=O) groups is 4. The molecule has 1 saturated carbocycles. The van der Waals surface area contributed by atoms with E-state index in [4.69, 9.17) is 4.74 Å². The molecule has 5 rings (SSSR count). The van der Waals surface area contributed by atoms with Gasteiger partial charge in [0.2, 0.25) is 11.8 Å². The zero-order chi connectivity index (χ0) is 22.4. The topological polar surface area (TPSA) is 92.8 Å². The molecule has 0 spiro atoms. The number of hydrogen-bond donors (Lipinski definition) is 1. The smallest absolute Gasteiger partial charge is 0.338 e. The number of carbonyl (C=O) groups excluding carboxylic acids is 4. The highest BCUT2D eigenvalue weighted by Gasteiger charge is 2.59. The minimum atomic E-state index is -0.701. The normalized spacial score (nSPS) is 25.2. The Hall–Kier alpha value is -3.74. The Kier molecular flexibility index (Phi) is 4.89. The maximum absolute atomic E-state index is 13.0. The van der Waals surface area contributed by atoms with E-state index in [2.05, 4.69) is 5.32 Å². The highest BCUT2D eigenvalue weighted by molar-refractivity contribution is 6.23. The van der Waals surface area contributed by atoms with Crippen LogP contribution in [0.1, 0.15) is 22.3 Å². The molecule has 3 aliphatic rings. The second-order valence-electron chi connectivity index (χ2n) is 8.50. The van der Waals surface area contributed by atoms with Crippen molar-refractivity contribution in [3.8, 4) is 0 Å². The predicted octanol–water partition coefficient (Wildman–Crippen LogP) is 3.10. The standard InChI is InChI=1S/C25H22N2O5/c1-14-5-2-3-8-19(14)26-20(28)13-32-25(31)17-6-4-7-18(12-17)27-23(29)21-15-9-10-16(11-15)22(21)24(27)30/h2-10,12,15-16,21-22H,11,13H2,1H3,(H,26,28)/t15-,16-,21+,22+/m0/s1. The first kappa shape index (κ1) is 20.2. The van der Waals surface area contributed by atoms with Gasteiger partial charge in [-0.05, 0) is 55.0 Å². The lowest BCUT2D eigenvalue weighted by atomic mass is 9.85. The fraction of sp³-hybridized carbons (Fsp3) is 0.280. The summed E-state index contributed by atoms with van der Waals surface area (Å²) in [5, 5.41) is 2.70. The summed E-state index contributed by atoms with van der Waals surface area (Å²) in [4.78, 5) is 51.8. The Morgan fingerprint density at radius 1 is 1.00 bits per heavy atom. The summed E-state index contributed by atoms with van der Waals surface area (Å²) in [6, 6.07) is 13.5. The molecular weight excluding hydrogens is 408 g/mol. The average Bonchev–Trinajstić information content (AvgIpc) is 3.47. The number of imide groups is 1. The molecule has 0 radical (unpaired) electrons. The number of allylic oxidation sites excluding steroid dienone is 2. The van der Waals surface area contributed by atoms with Crippen molar-refractivity contribution in [1.82, 2.24) is 0 Å². The van der Waals surface area contributed by atoms with Crippen LogP contribution in [-0.2, 0) is 19.1 Å². The van der Waals surface area contributed by atoms with Gasteiger partial charge in [-0.2, -0.15) is 0 Å². The fourth-order valence-corrected chi connectivity index (χ4v) is 5.04. The van der Waals surface area contributed by atoms with Crippen molar-refractivity contribution >= 4 is 35.1 Å². The molecule has 2 bridgehead atoms. The number of esters is 1. The lowest BCUT2D eigenvalue weighted by Crippen LogP contribution is -2.33. The third kappa shape index (κ3) is 3.30. The summed E-state index contributed by atoms with van der Waals surface area (Å²) < 4.78 is 5.14. The van der Waals surface area contributed by atoms with Crippen LogP contribution in [0.25, 0.3) is 0 Å². The molecule has 2 aromatic rings. The molecule has 2 aliphatic carbocycles. The van der Waals surface area contributed by atoms with Gasteiger partial charge in [-0.25, -0.2) is 9.69 Å². The van der Waals surface area contributed by atoms with Crippen molar-refractivity contribution in [3.05, 3.63) is 71.8 Å². The summed E-state index contributed by atoms with van der Waals surface area (Å²) in [6.45, 7) is 1.42. The summed E-state index contributed by atoms with van der Waals surface area (Å²) >= 11 is 0. The van der Waals surface area contributed by atoms with Gasteiger partial charge in [0.15, 0.2) is 6.61 Å². The van der Waals surface area contributed by atoms with E-state index >= 15 is 0 Å². The number of ether oxygens (including phenoxy) is 1. The van der Waals surface area contributed by atoms with E-state index in [1.807, 2.05) is 31.2 Å². The number of anilines is 2. The summed E-state index contributed by atoms with van der Waals surface area (Å²) in [6.07, 6.45) is 4.93. The van der Waals surface area contributed by atoms with Gasteiger partial charge in [0.05, 0.1) is 23.1 Å². The van der Waals surface area contributed by atoms with Gasteiger partial charge in [0.25, 0.3) is 5.91 Å². The van der Waals surface area contributed by atoms with E-state index in [9.17, 15) is 19.2 Å². The van der Waals surface area contributed by atoms with E-state index < -0.39 is 18.5 Å². The lowest BCUT2D eigenvalue weighted by Gasteiger charge is -2.18. The monoisotopic (exact) mass is 430 g/mol. The van der Waals surface area contributed by atoms with Gasteiger partial charge in [-0.15, -0.1) is 0 Å². The van der Waals surface area contributed by atoms with Crippen LogP contribution in [0, 0.1) is 30.6 Å². The first-order valence-corrected chi connectivity index (χ1v) is 10.6. The van der Waals surface area contributed by atoms with Crippen molar-refractivity contribution in [2.45, 2.75) is 13.3 Å². The third-order valence-electron chi connectivity index (χ3n) is 6.56. The van der Waals surface area contributed by atoms with E-state index in [0.29, 0.717) is 11.4 Å². The molecule has 0 unspecified atom stereocenters. The molecule has 3 amide bonds. The molecule has 32 heavy (non-hydrogen) atoms. The van der Waals surface area contributed by atoms with Crippen molar-refractivity contribution in [3.63, 3.8) is 0 Å². The van der Waals surface area contributed by atoms with Crippen LogP contribution in [0.4, 0.5) is 11.4 Å². The number of aryl methyl sites for hydroxylation is 1. The second kappa shape index (κ2) is 7.75. The molecule has 2 fully saturated rings. The SMILES string of the molecule is Cc1ccccc1NC(=O)COC(=O)c1cccc(N2C(=O)[C@H]3[C@H](C2=O)[C@H]2C=C[C@H]3C2)c1. The van der Waals surface area contributed by atoms with Crippen LogP contribution < -0.4 is 10.2 Å². The van der Waals surface area contributed by atoms with Crippen LogP contribution in [0.3, 0.4) is 0 Å². The number of nitrogens with zero attached hydrogens (tertiary/aromatic N) is 1. The largest absolute Gasteiger partial charge is 0.452 e. The molecule has 162 valence electrons. The van der Waals surface area contributed by atoms with Crippen LogP contribution in [-0.4, -0.2) is 30.3 Å². The number of nitrogens with one attached hydrogen (secondary N) is 1. The number of fused-ring (bicyclic) bond motifs is 5. The average molecular weight is 430 g/mol. The van der Waals surface area contributed by atoms with Gasteiger partial charge in [0.1, 0.15) is 0 Å². The summed E-state index contributed by atoms with van der Waals surface area (Å²) in [5.41, 5.74) is 2.07. The molecular formula is C25H22N2O5. The number of para-hydroxylation sites is 1. The number of benzene rings is 2. The van der Waals surface area contributed by atoms with E-state index in [0.717, 1.165) is 12.0 Å². The molecule has 7 heteroatoms. The summed E-state index contributed by atoms with van der Waals surface area (Å²) in [5.74, 6) is -1.95. The minimum Gasteiger partial charge on any atom is -0.452 e. The first-order chi connectivity index (χ1) is 15.4. The first-order valence-electron chi connectivity index (χ1n) is 10.6. The highest BCUT2D eigenvalue weighted by Crippen LogP contribution is 2.53. The Labute approximate surface area is 185 Å². The van der Waals surface area contributed by atoms with E-state index in [1.165, 1.54) is 17.0 Å². The Morgan fingerprint density at radius 3 is 2.38 bits per heavy atom. The van der Waals surface area contributed by atoms with Crippen LogP contribution in [0.2, 0.25) is 0 Å². The quantitative estimate of drug-likeness (QED) is 0.447. The number of rotatable bonds is 5. The van der Waals surface area contributed by atoms with Crippen LogP contribution in [0.15, 0.2) is 60.7 Å². The van der Waals surface area contributed by atoms with E-state index in [1.54, 1.807) is 24.3 Å². The second-order valence-corrected chi connectivity index (χ2v) is 8.50. The van der Waals surface area contributed by atoms with Crippen molar-refractivity contribution in [2.24, 2.45) is 23.7 Å². The molecule has 1 saturated heterocycles. The maximum atomic E-state index is 13.0. The van der Waals surface area contributed by atoms with Gasteiger partial charge in [-0.1, -0.05) is 36.4 Å². The molecule has 1 aliphatic heterocycles. The molecule has 7 nitrogen and oxygen atoms in total. The zero-order valence-electron chi connectivity index (χ0n) is 17.5. The van der Waals surface area contributed by atoms with E-state index in [-0.39, 0.29) is 41.0 Å². The predicted molar refractivity (Wildman–Crippen MR) is 117 cm³/mol. The van der Waals surface area contributed by atoms with Crippen molar-refractivity contribution in [2.75, 3.05) is 16.8 Å². The zero-order valence-corrected chi connectivity index (χ0v) is 17.5. The Morgan fingerprint density at radius 2 is 1.69 bits per heavy atom. The molecule has 2 aromatic carbocycles. The summed E-state index contributed by atoms with van der Waals surface area (Å²) in [7, 11) is 0. The Balaban J connectivity index is 1.26. The van der Waals surface area contributed by atoms with Gasteiger partial charge >= 0.3 is 5.97 Å². The van der Waals surface area contributed by atoms with Crippen LogP contribution >= 0.6 is 0 Å². The van der Waals surface area contributed by atoms with Gasteiger partial charge < -0.3 is 10.1 Å². The molecule has 1 heterocycles. The maximum Gasteiger partial charge on any atom is 0.338 e. The highest BCUT2D eigenvalue weighted by atomic mass is 16.5. The van der Waals surface area contributed by atoms with Crippen molar-refractivity contribution in [1.29, 1.82) is 0 Å². The molecule has 4 atom stereocenters.